The van der Waals surface area contributed by atoms with E-state index in [9.17, 15) is 9.90 Å². The van der Waals surface area contributed by atoms with Crippen LogP contribution in [-0.4, -0.2) is 24.3 Å². The Morgan fingerprint density at radius 2 is 1.73 bits per heavy atom. The third-order valence-electron chi connectivity index (χ3n) is 3.61. The molecule has 0 radical (unpaired) electrons. The van der Waals surface area contributed by atoms with Gasteiger partial charge in [-0.25, -0.2) is 0 Å². The number of hydrogen-bond acceptors (Lipinski definition) is 3. The number of ether oxygens (including phenoxy) is 1. The van der Waals surface area contributed by atoms with E-state index in [0.717, 1.165) is 44.9 Å². The Hall–Kier alpha value is -1.09. The molecule has 128 valence electrons. The zero-order valence-corrected chi connectivity index (χ0v) is 14.4. The van der Waals surface area contributed by atoms with Gasteiger partial charge in [0.1, 0.15) is 0 Å². The van der Waals surface area contributed by atoms with Gasteiger partial charge in [-0.1, -0.05) is 56.9 Å². The summed E-state index contributed by atoms with van der Waals surface area (Å²) >= 11 is 0. The number of unbranched alkanes of at least 4 members (excludes halogenated alkanes) is 5. The number of carbonyl (C=O) groups excluding carboxylic acids is 1. The number of aliphatic hydroxyl groups is 1. The number of rotatable bonds is 14. The number of allylic oxidation sites excluding steroid dienone is 3. The molecule has 0 rings (SSSR count). The van der Waals surface area contributed by atoms with Crippen molar-refractivity contribution in [2.24, 2.45) is 0 Å². The standard InChI is InChI=1S/C19H34O3/c1-3-15-18(20)16-13-11-9-7-5-4-6-8-10-12-14-17-19(21)22-2/h5,7,11,13,18,20H,3-4,6,8-10,12,14-17H2,1-2H3. The maximum atomic E-state index is 10.9. The molecule has 1 N–H and O–H groups in total. The first kappa shape index (κ1) is 20.9. The van der Waals surface area contributed by atoms with E-state index in [-0.39, 0.29) is 12.1 Å². The van der Waals surface area contributed by atoms with Gasteiger partial charge >= 0.3 is 5.97 Å². The van der Waals surface area contributed by atoms with Gasteiger partial charge in [-0.15, -0.1) is 0 Å². The van der Waals surface area contributed by atoms with Crippen molar-refractivity contribution in [3.8, 4) is 0 Å². The first-order valence-corrected chi connectivity index (χ1v) is 8.75. The second kappa shape index (κ2) is 16.3. The molecule has 0 aliphatic rings. The fourth-order valence-corrected chi connectivity index (χ4v) is 2.26. The summed E-state index contributed by atoms with van der Waals surface area (Å²) in [5.74, 6) is -0.0989. The summed E-state index contributed by atoms with van der Waals surface area (Å²) in [7, 11) is 1.44. The summed E-state index contributed by atoms with van der Waals surface area (Å²) in [6, 6.07) is 0. The van der Waals surface area contributed by atoms with Crippen LogP contribution in [0.4, 0.5) is 0 Å². The van der Waals surface area contributed by atoms with E-state index in [1.165, 1.54) is 26.4 Å². The highest BCUT2D eigenvalue weighted by atomic mass is 16.5. The molecule has 0 aromatic heterocycles. The summed E-state index contributed by atoms with van der Waals surface area (Å²) in [5.41, 5.74) is 0. The van der Waals surface area contributed by atoms with Crippen molar-refractivity contribution in [2.75, 3.05) is 7.11 Å². The van der Waals surface area contributed by atoms with Crippen LogP contribution >= 0.6 is 0 Å². The lowest BCUT2D eigenvalue weighted by molar-refractivity contribution is -0.140. The van der Waals surface area contributed by atoms with E-state index >= 15 is 0 Å². The normalized spacial score (nSPS) is 13.0. The van der Waals surface area contributed by atoms with Crippen LogP contribution in [0.15, 0.2) is 24.3 Å². The molecular weight excluding hydrogens is 276 g/mol. The van der Waals surface area contributed by atoms with E-state index in [1.54, 1.807) is 0 Å². The Morgan fingerprint density at radius 1 is 1.05 bits per heavy atom. The predicted octanol–water partition coefficient (Wildman–Crippen LogP) is 4.94. The molecule has 3 nitrogen and oxygen atoms in total. The van der Waals surface area contributed by atoms with Gasteiger partial charge in [0.25, 0.3) is 0 Å². The van der Waals surface area contributed by atoms with E-state index in [2.05, 4.69) is 36.0 Å². The molecule has 3 heteroatoms. The Morgan fingerprint density at radius 3 is 2.45 bits per heavy atom. The van der Waals surface area contributed by atoms with Gasteiger partial charge in [-0.05, 0) is 38.5 Å². The smallest absolute Gasteiger partial charge is 0.305 e. The molecule has 0 fully saturated rings. The Balaban J connectivity index is 3.30. The average molecular weight is 310 g/mol. The summed E-state index contributed by atoms with van der Waals surface area (Å²) in [6.07, 6.45) is 19.5. The Labute approximate surface area is 136 Å². The maximum Gasteiger partial charge on any atom is 0.305 e. The highest BCUT2D eigenvalue weighted by Gasteiger charge is 1.99. The molecule has 0 aliphatic carbocycles. The van der Waals surface area contributed by atoms with Crippen LogP contribution < -0.4 is 0 Å². The van der Waals surface area contributed by atoms with E-state index in [4.69, 9.17) is 0 Å². The molecule has 1 unspecified atom stereocenters. The molecule has 22 heavy (non-hydrogen) atoms. The van der Waals surface area contributed by atoms with Crippen LogP contribution in [0.3, 0.4) is 0 Å². The molecular formula is C19H34O3. The molecule has 0 bridgehead atoms. The minimum Gasteiger partial charge on any atom is -0.469 e. The molecule has 0 saturated heterocycles. The first-order chi connectivity index (χ1) is 10.7. The van der Waals surface area contributed by atoms with E-state index in [0.29, 0.717) is 6.42 Å². The van der Waals surface area contributed by atoms with Gasteiger partial charge in [-0.2, -0.15) is 0 Å². The van der Waals surface area contributed by atoms with Gasteiger partial charge in [0, 0.05) is 6.42 Å². The van der Waals surface area contributed by atoms with Crippen LogP contribution in [0.2, 0.25) is 0 Å². The largest absolute Gasteiger partial charge is 0.469 e. The van der Waals surface area contributed by atoms with Crippen LogP contribution in [0.1, 0.15) is 77.6 Å². The minimum absolute atomic E-state index is 0.0989. The van der Waals surface area contributed by atoms with Gasteiger partial charge in [0.05, 0.1) is 13.2 Å². The van der Waals surface area contributed by atoms with E-state index in [1.807, 2.05) is 0 Å². The van der Waals surface area contributed by atoms with Crippen LogP contribution in [-0.2, 0) is 9.53 Å². The van der Waals surface area contributed by atoms with Crippen molar-refractivity contribution in [1.82, 2.24) is 0 Å². The fraction of sp³-hybridized carbons (Fsp3) is 0.737. The summed E-state index contributed by atoms with van der Waals surface area (Å²) < 4.78 is 4.61. The Kier molecular flexibility index (Phi) is 15.5. The predicted molar refractivity (Wildman–Crippen MR) is 92.8 cm³/mol. The number of esters is 1. The highest BCUT2D eigenvalue weighted by molar-refractivity contribution is 5.68. The van der Waals surface area contributed by atoms with Crippen LogP contribution in [0, 0.1) is 0 Å². The number of aliphatic hydroxyl groups excluding tert-OH is 1. The highest BCUT2D eigenvalue weighted by Crippen LogP contribution is 2.08. The lowest BCUT2D eigenvalue weighted by atomic mass is 10.1. The molecule has 0 spiro atoms. The van der Waals surface area contributed by atoms with Gasteiger partial charge < -0.3 is 9.84 Å². The summed E-state index contributed by atoms with van der Waals surface area (Å²) in [4.78, 5) is 10.9. The molecule has 0 saturated carbocycles. The number of carbonyl (C=O) groups is 1. The molecule has 0 amide bonds. The van der Waals surface area contributed by atoms with Crippen molar-refractivity contribution < 1.29 is 14.6 Å². The topological polar surface area (TPSA) is 46.5 Å². The average Bonchev–Trinajstić information content (AvgIpc) is 2.51. The Bertz CT molecular complexity index is 308. The van der Waals surface area contributed by atoms with Gasteiger partial charge in [0.2, 0.25) is 0 Å². The number of hydrogen-bond donors (Lipinski definition) is 1. The van der Waals surface area contributed by atoms with Crippen LogP contribution in [0.25, 0.3) is 0 Å². The van der Waals surface area contributed by atoms with Crippen molar-refractivity contribution in [2.45, 2.75) is 83.7 Å². The van der Waals surface area contributed by atoms with Crippen molar-refractivity contribution in [3.63, 3.8) is 0 Å². The zero-order valence-electron chi connectivity index (χ0n) is 14.4. The fourth-order valence-electron chi connectivity index (χ4n) is 2.26. The van der Waals surface area contributed by atoms with Crippen LogP contribution in [0.5, 0.6) is 0 Å². The zero-order chi connectivity index (χ0) is 16.5. The number of methoxy groups -OCH3 is 1. The second-order valence-electron chi connectivity index (χ2n) is 5.74. The second-order valence-corrected chi connectivity index (χ2v) is 5.74. The molecule has 0 aliphatic heterocycles. The monoisotopic (exact) mass is 310 g/mol. The van der Waals surface area contributed by atoms with Crippen molar-refractivity contribution in [1.29, 1.82) is 0 Å². The van der Waals surface area contributed by atoms with Crippen molar-refractivity contribution >= 4 is 5.97 Å². The lowest BCUT2D eigenvalue weighted by Crippen LogP contribution is -2.02. The van der Waals surface area contributed by atoms with E-state index < -0.39 is 0 Å². The minimum atomic E-state index is -0.176. The quantitative estimate of drug-likeness (QED) is 0.281. The third-order valence-corrected chi connectivity index (χ3v) is 3.61. The SMILES string of the molecule is CCCC(O)CC=CCC=CCCCCCCCC(=O)OC. The molecule has 0 heterocycles. The third kappa shape index (κ3) is 15.3. The summed E-state index contributed by atoms with van der Waals surface area (Å²) in [6.45, 7) is 2.09. The molecule has 1 atom stereocenters. The van der Waals surface area contributed by atoms with Gasteiger partial charge in [0.15, 0.2) is 0 Å². The first-order valence-electron chi connectivity index (χ1n) is 8.75. The maximum absolute atomic E-state index is 10.9. The molecule has 0 aromatic carbocycles. The summed E-state index contributed by atoms with van der Waals surface area (Å²) in [5, 5.41) is 9.56. The van der Waals surface area contributed by atoms with Crippen molar-refractivity contribution in [3.05, 3.63) is 24.3 Å². The molecule has 0 aromatic rings. The lowest BCUT2D eigenvalue weighted by Gasteiger charge is -2.03. The van der Waals surface area contributed by atoms with Gasteiger partial charge in [-0.3, -0.25) is 4.79 Å².